The zero-order valence-corrected chi connectivity index (χ0v) is 11.5. The highest BCUT2D eigenvalue weighted by molar-refractivity contribution is 5.97. The number of allylic oxidation sites excluding steroid dienone is 2. The van der Waals surface area contributed by atoms with Crippen molar-refractivity contribution in [2.45, 2.75) is 59.9 Å². The molecule has 0 saturated heterocycles. The predicted molar refractivity (Wildman–Crippen MR) is 73.1 cm³/mol. The molecule has 0 radical (unpaired) electrons. The van der Waals surface area contributed by atoms with E-state index in [4.69, 9.17) is 4.99 Å². The van der Waals surface area contributed by atoms with Gasteiger partial charge >= 0.3 is 0 Å². The average molecular weight is 221 g/mol. The molecule has 0 aromatic carbocycles. The van der Waals surface area contributed by atoms with Gasteiger partial charge < -0.3 is 0 Å². The fraction of sp³-hybridized carbons (Fsp3) is 0.800. The standard InChI is InChI=1S/C15H27N/c1-11(2)10-13(5)16-15-9-7-6-8-14(15)12(3)4/h7,9,11-14H,6,8,10H2,1-5H3/t13-,14+/m0/s1. The van der Waals surface area contributed by atoms with E-state index in [0.29, 0.717) is 12.0 Å². The molecule has 1 nitrogen and oxygen atoms in total. The summed E-state index contributed by atoms with van der Waals surface area (Å²) in [6.45, 7) is 11.4. The summed E-state index contributed by atoms with van der Waals surface area (Å²) >= 11 is 0. The molecule has 0 spiro atoms. The van der Waals surface area contributed by atoms with Crippen molar-refractivity contribution in [2.75, 3.05) is 0 Å². The third kappa shape index (κ3) is 4.11. The van der Waals surface area contributed by atoms with Crippen molar-refractivity contribution in [1.82, 2.24) is 0 Å². The van der Waals surface area contributed by atoms with Gasteiger partial charge in [-0.1, -0.05) is 33.8 Å². The molecule has 0 saturated carbocycles. The van der Waals surface area contributed by atoms with Crippen molar-refractivity contribution >= 4 is 5.71 Å². The van der Waals surface area contributed by atoms with E-state index < -0.39 is 0 Å². The van der Waals surface area contributed by atoms with Gasteiger partial charge in [-0.2, -0.15) is 0 Å². The fourth-order valence-electron chi connectivity index (χ4n) is 2.55. The van der Waals surface area contributed by atoms with Crippen LogP contribution in [0.5, 0.6) is 0 Å². The molecule has 0 bridgehead atoms. The minimum absolute atomic E-state index is 0.471. The Labute approximate surface area is 101 Å². The summed E-state index contributed by atoms with van der Waals surface area (Å²) in [7, 11) is 0. The van der Waals surface area contributed by atoms with Crippen LogP contribution in [0.4, 0.5) is 0 Å². The molecule has 2 atom stereocenters. The van der Waals surface area contributed by atoms with Crippen molar-refractivity contribution in [3.05, 3.63) is 12.2 Å². The van der Waals surface area contributed by atoms with Gasteiger partial charge in [0, 0.05) is 17.7 Å². The van der Waals surface area contributed by atoms with Crippen LogP contribution >= 0.6 is 0 Å². The Morgan fingerprint density at radius 3 is 2.50 bits per heavy atom. The first-order chi connectivity index (χ1) is 7.50. The molecular weight excluding hydrogens is 194 g/mol. The number of rotatable bonds is 4. The lowest BCUT2D eigenvalue weighted by molar-refractivity contribution is 0.455. The van der Waals surface area contributed by atoms with Crippen LogP contribution in [0.25, 0.3) is 0 Å². The van der Waals surface area contributed by atoms with Crippen molar-refractivity contribution in [3.63, 3.8) is 0 Å². The van der Waals surface area contributed by atoms with Gasteiger partial charge in [0.2, 0.25) is 0 Å². The molecule has 1 aliphatic rings. The Balaban J connectivity index is 2.70. The first-order valence-corrected chi connectivity index (χ1v) is 6.75. The highest BCUT2D eigenvalue weighted by atomic mass is 14.8. The Bertz CT molecular complexity index is 261. The van der Waals surface area contributed by atoms with Gasteiger partial charge in [0.25, 0.3) is 0 Å². The SMILES string of the molecule is CC(C)C[C@H](C)N=C1C=CCC[C@@H]1C(C)C. The first kappa shape index (κ1) is 13.5. The maximum Gasteiger partial charge on any atom is 0.0477 e. The van der Waals surface area contributed by atoms with Crippen LogP contribution in [0.1, 0.15) is 53.9 Å². The summed E-state index contributed by atoms with van der Waals surface area (Å²) in [6.07, 6.45) is 8.23. The van der Waals surface area contributed by atoms with Crippen molar-refractivity contribution < 1.29 is 0 Å². The van der Waals surface area contributed by atoms with E-state index in [2.05, 4.69) is 46.8 Å². The van der Waals surface area contributed by atoms with E-state index in [-0.39, 0.29) is 0 Å². The van der Waals surface area contributed by atoms with Crippen LogP contribution in [0.15, 0.2) is 17.1 Å². The van der Waals surface area contributed by atoms with Gasteiger partial charge in [-0.25, -0.2) is 0 Å². The van der Waals surface area contributed by atoms with E-state index >= 15 is 0 Å². The Kier molecular flexibility index (Phi) is 5.24. The van der Waals surface area contributed by atoms with E-state index in [1.807, 2.05) is 0 Å². The number of nitrogens with zero attached hydrogens (tertiary/aromatic N) is 1. The minimum atomic E-state index is 0.471. The van der Waals surface area contributed by atoms with Gasteiger partial charge in [-0.3, -0.25) is 4.99 Å². The van der Waals surface area contributed by atoms with Gasteiger partial charge in [-0.15, -0.1) is 0 Å². The van der Waals surface area contributed by atoms with Crippen molar-refractivity contribution in [2.24, 2.45) is 22.7 Å². The topological polar surface area (TPSA) is 12.4 Å². The van der Waals surface area contributed by atoms with Gasteiger partial charge in [0.15, 0.2) is 0 Å². The minimum Gasteiger partial charge on any atom is -0.286 e. The van der Waals surface area contributed by atoms with Crippen LogP contribution in [0.2, 0.25) is 0 Å². The first-order valence-electron chi connectivity index (χ1n) is 6.75. The van der Waals surface area contributed by atoms with Gasteiger partial charge in [0.1, 0.15) is 0 Å². The van der Waals surface area contributed by atoms with Crippen molar-refractivity contribution in [3.8, 4) is 0 Å². The highest BCUT2D eigenvalue weighted by Crippen LogP contribution is 2.25. The van der Waals surface area contributed by atoms with E-state index in [1.54, 1.807) is 0 Å². The molecule has 0 aromatic rings. The third-order valence-electron chi connectivity index (χ3n) is 3.30. The molecule has 0 aliphatic heterocycles. The van der Waals surface area contributed by atoms with E-state index in [0.717, 1.165) is 11.8 Å². The Hall–Kier alpha value is -0.590. The van der Waals surface area contributed by atoms with Gasteiger partial charge in [0.05, 0.1) is 0 Å². The van der Waals surface area contributed by atoms with Crippen LogP contribution in [0.3, 0.4) is 0 Å². The smallest absolute Gasteiger partial charge is 0.0477 e. The number of hydrogen-bond donors (Lipinski definition) is 0. The Morgan fingerprint density at radius 1 is 1.25 bits per heavy atom. The summed E-state index contributed by atoms with van der Waals surface area (Å²) in [5.41, 5.74) is 1.34. The summed E-state index contributed by atoms with van der Waals surface area (Å²) in [5, 5.41) is 0. The molecule has 0 aromatic heterocycles. The van der Waals surface area contributed by atoms with Crippen molar-refractivity contribution in [1.29, 1.82) is 0 Å². The predicted octanol–water partition coefficient (Wildman–Crippen LogP) is 4.48. The van der Waals surface area contributed by atoms with E-state index in [1.165, 1.54) is 25.0 Å². The maximum atomic E-state index is 4.91. The quantitative estimate of drug-likeness (QED) is 0.663. The highest BCUT2D eigenvalue weighted by Gasteiger charge is 2.20. The zero-order valence-electron chi connectivity index (χ0n) is 11.5. The Morgan fingerprint density at radius 2 is 1.94 bits per heavy atom. The third-order valence-corrected chi connectivity index (χ3v) is 3.30. The summed E-state index contributed by atoms with van der Waals surface area (Å²) in [6, 6.07) is 0.471. The lowest BCUT2D eigenvalue weighted by Crippen LogP contribution is -2.23. The second-order valence-electron chi connectivity index (χ2n) is 5.86. The molecule has 0 N–H and O–H groups in total. The molecule has 0 heterocycles. The number of hydrogen-bond acceptors (Lipinski definition) is 1. The van der Waals surface area contributed by atoms with Crippen LogP contribution in [-0.4, -0.2) is 11.8 Å². The average Bonchev–Trinajstić information content (AvgIpc) is 2.16. The molecule has 0 fully saturated rings. The fourth-order valence-corrected chi connectivity index (χ4v) is 2.55. The monoisotopic (exact) mass is 221 g/mol. The van der Waals surface area contributed by atoms with E-state index in [9.17, 15) is 0 Å². The molecule has 1 aliphatic carbocycles. The van der Waals surface area contributed by atoms with Crippen LogP contribution in [0, 0.1) is 17.8 Å². The lowest BCUT2D eigenvalue weighted by Gasteiger charge is -2.25. The molecule has 1 heteroatoms. The normalized spacial score (nSPS) is 25.7. The van der Waals surface area contributed by atoms with Gasteiger partial charge in [-0.05, 0) is 44.1 Å². The molecule has 1 rings (SSSR count). The second-order valence-corrected chi connectivity index (χ2v) is 5.86. The van der Waals surface area contributed by atoms with Crippen LogP contribution < -0.4 is 0 Å². The number of aliphatic imine (C=N–C) groups is 1. The lowest BCUT2D eigenvalue weighted by atomic mass is 9.83. The largest absolute Gasteiger partial charge is 0.286 e. The second kappa shape index (κ2) is 6.22. The molecule has 16 heavy (non-hydrogen) atoms. The maximum absolute atomic E-state index is 4.91. The summed E-state index contributed by atoms with van der Waals surface area (Å²) in [5.74, 6) is 2.14. The summed E-state index contributed by atoms with van der Waals surface area (Å²) in [4.78, 5) is 4.91. The zero-order chi connectivity index (χ0) is 12.1. The molecule has 92 valence electrons. The molecule has 0 unspecified atom stereocenters. The molecular formula is C15H27N. The van der Waals surface area contributed by atoms with Crippen LogP contribution in [-0.2, 0) is 0 Å². The summed E-state index contributed by atoms with van der Waals surface area (Å²) < 4.78 is 0. The molecule has 0 amide bonds.